The Kier molecular flexibility index (Phi) is 4.04. The zero-order valence-electron chi connectivity index (χ0n) is 11.5. The van der Waals surface area contributed by atoms with E-state index in [4.69, 9.17) is 22.5 Å². The molecule has 2 rings (SSSR count). The molecule has 1 atom stereocenters. The zero-order valence-corrected chi connectivity index (χ0v) is 12.3. The van der Waals surface area contributed by atoms with Crippen LogP contribution in [0.5, 0.6) is 0 Å². The van der Waals surface area contributed by atoms with E-state index in [-0.39, 0.29) is 16.8 Å². The van der Waals surface area contributed by atoms with E-state index in [9.17, 15) is 4.39 Å². The molecule has 106 valence electrons. The van der Waals surface area contributed by atoms with Crippen LogP contribution in [0.1, 0.15) is 35.5 Å². The summed E-state index contributed by atoms with van der Waals surface area (Å²) in [6.07, 6.45) is 0. The molecule has 0 aliphatic heterocycles. The van der Waals surface area contributed by atoms with Crippen LogP contribution in [0.4, 0.5) is 10.1 Å². The molecule has 0 fully saturated rings. The number of aryl methyl sites for hydroxylation is 2. The van der Waals surface area contributed by atoms with Crippen molar-refractivity contribution in [2.24, 2.45) is 5.73 Å². The molecule has 1 unspecified atom stereocenters. The summed E-state index contributed by atoms with van der Waals surface area (Å²) in [4.78, 5) is 0.151. The molecular weight excluding hydrogens is 277 g/mol. The second-order valence-electron chi connectivity index (χ2n) is 4.66. The summed E-state index contributed by atoms with van der Waals surface area (Å²) >= 11 is 4.95. The maximum absolute atomic E-state index is 13.3. The Labute approximate surface area is 122 Å². The lowest BCUT2D eigenvalue weighted by Gasteiger charge is -2.17. The van der Waals surface area contributed by atoms with E-state index in [1.807, 2.05) is 20.8 Å². The average Bonchev–Trinajstić information content (AvgIpc) is 2.71. The molecule has 1 aromatic carbocycles. The number of halogens is 1. The fraction of sp³-hybridized carbons (Fsp3) is 0.286. The molecule has 0 aliphatic rings. The van der Waals surface area contributed by atoms with Gasteiger partial charge in [0.05, 0.1) is 11.7 Å². The Balaban J connectivity index is 2.33. The normalized spacial score (nSPS) is 12.2. The van der Waals surface area contributed by atoms with Gasteiger partial charge in [0, 0.05) is 16.8 Å². The van der Waals surface area contributed by atoms with Crippen molar-refractivity contribution in [3.63, 3.8) is 0 Å². The minimum atomic E-state index is -0.372. The largest absolute Gasteiger partial charge is 0.389 e. The summed E-state index contributed by atoms with van der Waals surface area (Å²) in [7, 11) is 0. The first-order valence-corrected chi connectivity index (χ1v) is 6.59. The van der Waals surface area contributed by atoms with Gasteiger partial charge in [-0.1, -0.05) is 17.4 Å². The van der Waals surface area contributed by atoms with E-state index >= 15 is 0 Å². The van der Waals surface area contributed by atoms with Crippen molar-refractivity contribution in [3.05, 3.63) is 46.6 Å². The molecule has 4 nitrogen and oxygen atoms in total. The number of nitrogens with zero attached hydrogens (tertiary/aromatic N) is 1. The molecule has 6 heteroatoms. The van der Waals surface area contributed by atoms with Gasteiger partial charge in [-0.15, -0.1) is 0 Å². The molecule has 0 saturated heterocycles. The third kappa shape index (κ3) is 2.80. The quantitative estimate of drug-likeness (QED) is 0.847. The molecule has 3 N–H and O–H groups in total. The lowest BCUT2D eigenvalue weighted by Crippen LogP contribution is -2.16. The van der Waals surface area contributed by atoms with Crippen molar-refractivity contribution < 1.29 is 8.91 Å². The van der Waals surface area contributed by atoms with Crippen molar-refractivity contribution in [1.82, 2.24) is 5.16 Å². The van der Waals surface area contributed by atoms with Crippen LogP contribution in [0.3, 0.4) is 0 Å². The summed E-state index contributed by atoms with van der Waals surface area (Å²) in [6.45, 7) is 5.70. The lowest BCUT2D eigenvalue weighted by atomic mass is 10.1. The highest BCUT2D eigenvalue weighted by Gasteiger charge is 2.18. The van der Waals surface area contributed by atoms with Crippen molar-refractivity contribution in [2.75, 3.05) is 5.32 Å². The highest BCUT2D eigenvalue weighted by atomic mass is 32.1. The molecule has 1 aromatic heterocycles. The molecule has 0 aliphatic carbocycles. The van der Waals surface area contributed by atoms with Gasteiger partial charge in [0.25, 0.3) is 0 Å². The highest BCUT2D eigenvalue weighted by Crippen LogP contribution is 2.27. The molecular formula is C14H16FN3OS. The number of nitrogens with one attached hydrogen (secondary N) is 1. The Bertz CT molecular complexity index is 634. The summed E-state index contributed by atoms with van der Waals surface area (Å²) in [5.74, 6) is 0.379. The van der Waals surface area contributed by atoms with Gasteiger partial charge in [-0.05, 0) is 39.0 Å². The Morgan fingerprint density at radius 2 is 2.15 bits per heavy atom. The maximum Gasteiger partial charge on any atom is 0.139 e. The minimum Gasteiger partial charge on any atom is -0.389 e. The van der Waals surface area contributed by atoms with Gasteiger partial charge in [-0.3, -0.25) is 0 Å². The minimum absolute atomic E-state index is 0.0557. The van der Waals surface area contributed by atoms with E-state index < -0.39 is 0 Å². The van der Waals surface area contributed by atoms with Crippen LogP contribution < -0.4 is 11.1 Å². The van der Waals surface area contributed by atoms with Gasteiger partial charge < -0.3 is 15.6 Å². The number of hydrogen-bond donors (Lipinski definition) is 2. The number of hydrogen-bond acceptors (Lipinski definition) is 4. The van der Waals surface area contributed by atoms with Gasteiger partial charge in [0.2, 0.25) is 0 Å². The second-order valence-corrected chi connectivity index (χ2v) is 5.10. The lowest BCUT2D eigenvalue weighted by molar-refractivity contribution is 0.392. The number of anilines is 1. The molecule has 0 spiro atoms. The van der Waals surface area contributed by atoms with Gasteiger partial charge in [-0.25, -0.2) is 4.39 Å². The fourth-order valence-electron chi connectivity index (χ4n) is 2.26. The third-order valence-corrected chi connectivity index (χ3v) is 3.36. The standard InChI is InChI=1S/C14H16FN3OS/c1-7(13-8(2)18-19-9(13)3)17-12-5-4-10(15)6-11(12)14(16)20/h4-7,17H,1-3H3,(H2,16,20). The number of benzene rings is 1. The van der Waals surface area contributed by atoms with Gasteiger partial charge in [-0.2, -0.15) is 0 Å². The van der Waals surface area contributed by atoms with E-state index in [0.717, 1.165) is 17.0 Å². The Morgan fingerprint density at radius 1 is 1.45 bits per heavy atom. The van der Waals surface area contributed by atoms with Crippen LogP contribution in [0.2, 0.25) is 0 Å². The number of thiocarbonyl (C=S) groups is 1. The average molecular weight is 293 g/mol. The van der Waals surface area contributed by atoms with Crippen LogP contribution in [-0.4, -0.2) is 10.1 Å². The first-order valence-electron chi connectivity index (χ1n) is 6.18. The number of nitrogens with two attached hydrogens (primary N) is 1. The van der Waals surface area contributed by atoms with Crippen molar-refractivity contribution in [2.45, 2.75) is 26.8 Å². The molecule has 0 radical (unpaired) electrons. The van der Waals surface area contributed by atoms with Crippen molar-refractivity contribution >= 4 is 22.9 Å². The van der Waals surface area contributed by atoms with Crippen LogP contribution in [0.25, 0.3) is 0 Å². The van der Waals surface area contributed by atoms with Crippen LogP contribution in [0.15, 0.2) is 22.7 Å². The molecule has 0 bridgehead atoms. The fourth-order valence-corrected chi connectivity index (χ4v) is 2.43. The molecule has 1 heterocycles. The third-order valence-electron chi connectivity index (χ3n) is 3.14. The van der Waals surface area contributed by atoms with Crippen molar-refractivity contribution in [1.29, 1.82) is 0 Å². The SMILES string of the molecule is Cc1noc(C)c1C(C)Nc1ccc(F)cc1C(N)=S. The Morgan fingerprint density at radius 3 is 2.70 bits per heavy atom. The molecule has 0 amide bonds. The van der Waals surface area contributed by atoms with Crippen molar-refractivity contribution in [3.8, 4) is 0 Å². The highest BCUT2D eigenvalue weighted by molar-refractivity contribution is 7.80. The van der Waals surface area contributed by atoms with Gasteiger partial charge >= 0.3 is 0 Å². The summed E-state index contributed by atoms with van der Waals surface area (Å²) in [6, 6.07) is 4.26. The predicted octanol–water partition coefficient (Wildman–Crippen LogP) is 3.24. The van der Waals surface area contributed by atoms with Gasteiger partial charge in [0.1, 0.15) is 16.6 Å². The first kappa shape index (κ1) is 14.5. The Hall–Kier alpha value is -1.95. The molecule has 2 aromatic rings. The van der Waals surface area contributed by atoms with E-state index in [2.05, 4.69) is 10.5 Å². The van der Waals surface area contributed by atoms with Crippen LogP contribution in [0, 0.1) is 19.7 Å². The summed E-state index contributed by atoms with van der Waals surface area (Å²) < 4.78 is 18.4. The first-order chi connectivity index (χ1) is 9.40. The smallest absolute Gasteiger partial charge is 0.139 e. The van der Waals surface area contributed by atoms with Gasteiger partial charge in [0.15, 0.2) is 0 Å². The zero-order chi connectivity index (χ0) is 14.9. The van der Waals surface area contributed by atoms with E-state index in [0.29, 0.717) is 11.3 Å². The molecule has 0 saturated carbocycles. The van der Waals surface area contributed by atoms with Crippen LogP contribution in [-0.2, 0) is 0 Å². The van der Waals surface area contributed by atoms with E-state index in [1.165, 1.54) is 12.1 Å². The topological polar surface area (TPSA) is 64.1 Å². The van der Waals surface area contributed by atoms with Crippen LogP contribution >= 0.6 is 12.2 Å². The second kappa shape index (κ2) is 5.58. The predicted molar refractivity (Wildman–Crippen MR) is 80.3 cm³/mol. The number of rotatable bonds is 4. The molecule has 20 heavy (non-hydrogen) atoms. The monoisotopic (exact) mass is 293 g/mol. The van der Waals surface area contributed by atoms with E-state index in [1.54, 1.807) is 6.07 Å². The summed E-state index contributed by atoms with van der Waals surface area (Å²) in [5, 5.41) is 7.19. The maximum atomic E-state index is 13.3. The number of aromatic nitrogens is 1. The summed E-state index contributed by atoms with van der Waals surface area (Å²) in [5.41, 5.74) is 8.60.